The Bertz CT molecular complexity index is 1100. The third-order valence-corrected chi connectivity index (χ3v) is 9.47. The fourth-order valence-corrected chi connectivity index (χ4v) is 7.06. The molecule has 6 heteroatoms. The van der Waals surface area contributed by atoms with Gasteiger partial charge in [0.15, 0.2) is 0 Å². The van der Waals surface area contributed by atoms with Crippen molar-refractivity contribution >= 4 is 23.2 Å². The first kappa shape index (κ1) is 33.2. The summed E-state index contributed by atoms with van der Waals surface area (Å²) in [6.07, 6.45) is 4.84. The number of nitrogens with one attached hydrogen (secondary N) is 2. The fraction of sp³-hybridized carbons (Fsp3) is 0.622. The van der Waals surface area contributed by atoms with Crippen molar-refractivity contribution in [3.63, 3.8) is 0 Å². The zero-order valence-corrected chi connectivity index (χ0v) is 28.0. The maximum Gasteiger partial charge on any atom is 0.241 e. The predicted molar refractivity (Wildman–Crippen MR) is 180 cm³/mol. The molecule has 2 aliphatic heterocycles. The number of nitrogens with zero attached hydrogens (tertiary/aromatic N) is 2. The molecule has 6 nitrogen and oxygen atoms in total. The molecule has 2 fully saturated rings. The highest BCUT2D eigenvalue weighted by Gasteiger charge is 2.34. The van der Waals surface area contributed by atoms with E-state index in [1.165, 1.54) is 22.3 Å². The van der Waals surface area contributed by atoms with Crippen molar-refractivity contribution in [1.82, 2.24) is 9.80 Å². The number of carbonyl (C=O) groups is 2. The van der Waals surface area contributed by atoms with Crippen LogP contribution >= 0.6 is 0 Å². The smallest absolute Gasteiger partial charge is 0.241 e. The van der Waals surface area contributed by atoms with Crippen LogP contribution in [0.1, 0.15) is 133 Å². The van der Waals surface area contributed by atoms with Crippen LogP contribution in [0.25, 0.3) is 0 Å². The van der Waals surface area contributed by atoms with Gasteiger partial charge < -0.3 is 10.6 Å². The number of hydrogen-bond acceptors (Lipinski definition) is 4. The van der Waals surface area contributed by atoms with E-state index in [4.69, 9.17) is 0 Å². The molecule has 2 atom stereocenters. The normalized spacial score (nSPS) is 19.7. The standard InChI is InChI=1S/C37H56N4O2/c1-24(2)28-14-9-15-29(25(3)4)34(28)38-36(42)32-18-11-20-40(32)22-13-23-41-21-12-19-33(41)37(43)39-35-30(26(5)6)16-10-17-31(35)27(7)8/h9-10,14-17,24-27,32-33H,11-13,18-23H2,1-8H3,(H,38,42)(H,39,43)/t32-,33-/m0/s1. The Kier molecular flexibility index (Phi) is 11.5. The number of rotatable bonds is 12. The first-order valence-corrected chi connectivity index (χ1v) is 16.8. The summed E-state index contributed by atoms with van der Waals surface area (Å²) in [6.45, 7) is 21.2. The van der Waals surface area contributed by atoms with Gasteiger partial charge in [-0.15, -0.1) is 0 Å². The second-order valence-electron chi connectivity index (χ2n) is 14.0. The number of benzene rings is 2. The van der Waals surface area contributed by atoms with Crippen molar-refractivity contribution in [3.05, 3.63) is 58.7 Å². The SMILES string of the molecule is CC(C)c1cccc(C(C)C)c1NC(=O)[C@@H]1CCCN1CCCN1CCC[C@H]1C(=O)Nc1c(C(C)C)cccc1C(C)C. The van der Waals surface area contributed by atoms with Gasteiger partial charge in [0.05, 0.1) is 12.1 Å². The molecule has 2 N–H and O–H groups in total. The summed E-state index contributed by atoms with van der Waals surface area (Å²) in [5.41, 5.74) is 6.85. The molecule has 236 valence electrons. The zero-order chi connectivity index (χ0) is 31.3. The third-order valence-electron chi connectivity index (χ3n) is 9.47. The second-order valence-corrected chi connectivity index (χ2v) is 14.0. The van der Waals surface area contributed by atoms with Crippen molar-refractivity contribution in [1.29, 1.82) is 0 Å². The van der Waals surface area contributed by atoms with E-state index in [0.29, 0.717) is 23.7 Å². The Labute approximate surface area is 261 Å². The lowest BCUT2D eigenvalue weighted by atomic mass is 9.92. The summed E-state index contributed by atoms with van der Waals surface area (Å²) in [4.78, 5) is 32.0. The van der Waals surface area contributed by atoms with Gasteiger partial charge in [0.2, 0.25) is 11.8 Å². The molecule has 2 aromatic carbocycles. The molecule has 2 heterocycles. The van der Waals surface area contributed by atoms with E-state index in [1.54, 1.807) is 0 Å². The Morgan fingerprint density at radius 2 is 0.953 bits per heavy atom. The van der Waals surface area contributed by atoms with E-state index in [-0.39, 0.29) is 23.9 Å². The summed E-state index contributed by atoms with van der Waals surface area (Å²) in [6, 6.07) is 12.6. The van der Waals surface area contributed by atoms with Gasteiger partial charge in [0.25, 0.3) is 0 Å². The molecule has 0 spiro atoms. The largest absolute Gasteiger partial charge is 0.324 e. The fourth-order valence-electron chi connectivity index (χ4n) is 7.06. The molecule has 2 aliphatic rings. The molecule has 0 bridgehead atoms. The van der Waals surface area contributed by atoms with Crippen LogP contribution in [-0.4, -0.2) is 59.9 Å². The molecule has 0 aromatic heterocycles. The third kappa shape index (κ3) is 7.88. The molecule has 0 radical (unpaired) electrons. The lowest BCUT2D eigenvalue weighted by Crippen LogP contribution is -2.43. The Morgan fingerprint density at radius 3 is 1.26 bits per heavy atom. The number of para-hydroxylation sites is 2. The quantitative estimate of drug-likeness (QED) is 0.263. The van der Waals surface area contributed by atoms with Crippen LogP contribution in [0, 0.1) is 0 Å². The Hall–Kier alpha value is -2.70. The van der Waals surface area contributed by atoms with Crippen LogP contribution in [0.5, 0.6) is 0 Å². The van der Waals surface area contributed by atoms with Gasteiger partial charge in [-0.25, -0.2) is 0 Å². The minimum atomic E-state index is -0.0973. The summed E-state index contributed by atoms with van der Waals surface area (Å²) >= 11 is 0. The van der Waals surface area contributed by atoms with E-state index >= 15 is 0 Å². The summed E-state index contributed by atoms with van der Waals surface area (Å²) in [5.74, 6) is 1.61. The number of anilines is 2. The van der Waals surface area contributed by atoms with Crippen LogP contribution in [0.4, 0.5) is 11.4 Å². The van der Waals surface area contributed by atoms with Crippen molar-refractivity contribution in [2.24, 2.45) is 0 Å². The van der Waals surface area contributed by atoms with Gasteiger partial charge in [0, 0.05) is 24.5 Å². The minimum Gasteiger partial charge on any atom is -0.324 e. The molecular formula is C37H56N4O2. The average Bonchev–Trinajstić information content (AvgIpc) is 3.62. The van der Waals surface area contributed by atoms with Crippen LogP contribution in [0.2, 0.25) is 0 Å². The second kappa shape index (κ2) is 14.9. The average molecular weight is 589 g/mol. The molecule has 0 saturated carbocycles. The van der Waals surface area contributed by atoms with Crippen molar-refractivity contribution in [2.75, 3.05) is 36.8 Å². The molecular weight excluding hydrogens is 532 g/mol. The minimum absolute atomic E-state index is 0.0973. The molecule has 2 saturated heterocycles. The van der Waals surface area contributed by atoms with E-state index in [2.05, 4.69) is 112 Å². The topological polar surface area (TPSA) is 64.7 Å². The zero-order valence-electron chi connectivity index (χ0n) is 28.0. The van der Waals surface area contributed by atoms with E-state index in [1.807, 2.05) is 0 Å². The molecule has 0 aliphatic carbocycles. The summed E-state index contributed by atoms with van der Waals surface area (Å²) < 4.78 is 0. The van der Waals surface area contributed by atoms with E-state index in [0.717, 1.165) is 69.7 Å². The first-order valence-electron chi connectivity index (χ1n) is 16.8. The van der Waals surface area contributed by atoms with Gasteiger partial charge in [-0.2, -0.15) is 0 Å². The van der Waals surface area contributed by atoms with Gasteiger partial charge >= 0.3 is 0 Å². The van der Waals surface area contributed by atoms with Gasteiger partial charge in [-0.3, -0.25) is 19.4 Å². The highest BCUT2D eigenvalue weighted by molar-refractivity contribution is 5.97. The monoisotopic (exact) mass is 588 g/mol. The highest BCUT2D eigenvalue weighted by Crippen LogP contribution is 2.35. The van der Waals surface area contributed by atoms with Crippen molar-refractivity contribution < 1.29 is 9.59 Å². The predicted octanol–water partition coefficient (Wildman–Crippen LogP) is 8.08. The number of likely N-dealkylation sites (tertiary alicyclic amines) is 2. The maximum absolute atomic E-state index is 13.6. The molecule has 2 aromatic rings. The maximum atomic E-state index is 13.6. The van der Waals surface area contributed by atoms with E-state index in [9.17, 15) is 9.59 Å². The lowest BCUT2D eigenvalue weighted by Gasteiger charge is -2.28. The molecule has 4 rings (SSSR count). The molecule has 43 heavy (non-hydrogen) atoms. The van der Waals surface area contributed by atoms with Crippen LogP contribution in [0.15, 0.2) is 36.4 Å². The van der Waals surface area contributed by atoms with Crippen LogP contribution in [0.3, 0.4) is 0 Å². The highest BCUT2D eigenvalue weighted by atomic mass is 16.2. The molecule has 0 unspecified atom stereocenters. The Balaban J connectivity index is 1.37. The van der Waals surface area contributed by atoms with Crippen molar-refractivity contribution in [2.45, 2.75) is 123 Å². The number of hydrogen-bond donors (Lipinski definition) is 2. The van der Waals surface area contributed by atoms with Gasteiger partial charge in [0.1, 0.15) is 0 Å². The summed E-state index contributed by atoms with van der Waals surface area (Å²) in [5, 5.41) is 6.74. The van der Waals surface area contributed by atoms with Crippen LogP contribution in [-0.2, 0) is 9.59 Å². The lowest BCUT2D eigenvalue weighted by molar-refractivity contribution is -0.120. The van der Waals surface area contributed by atoms with Gasteiger partial charge in [-0.1, -0.05) is 91.8 Å². The van der Waals surface area contributed by atoms with Crippen molar-refractivity contribution in [3.8, 4) is 0 Å². The van der Waals surface area contributed by atoms with Gasteiger partial charge in [-0.05, 0) is 91.1 Å². The van der Waals surface area contributed by atoms with E-state index < -0.39 is 0 Å². The summed E-state index contributed by atoms with van der Waals surface area (Å²) in [7, 11) is 0. The van der Waals surface area contributed by atoms with Crippen LogP contribution < -0.4 is 10.6 Å². The Morgan fingerprint density at radius 1 is 0.628 bits per heavy atom. The first-order chi connectivity index (χ1) is 20.5. The molecule has 2 amide bonds. The number of amides is 2. The number of carbonyl (C=O) groups excluding carboxylic acids is 2.